The highest BCUT2D eigenvalue weighted by Gasteiger charge is 2.08. The third-order valence-electron chi connectivity index (χ3n) is 3.83. The van der Waals surface area contributed by atoms with Crippen LogP contribution in [0.1, 0.15) is 41.6 Å². The Morgan fingerprint density at radius 3 is 2.67 bits per heavy atom. The monoisotopic (exact) mass is 283 g/mol. The molecule has 0 radical (unpaired) electrons. The second-order valence-electron chi connectivity index (χ2n) is 5.75. The van der Waals surface area contributed by atoms with Crippen LogP contribution in [-0.2, 0) is 6.42 Å². The van der Waals surface area contributed by atoms with Gasteiger partial charge >= 0.3 is 0 Å². The highest BCUT2D eigenvalue weighted by molar-refractivity contribution is 5.48. The number of aliphatic hydroxyl groups excluding tert-OH is 1. The predicted molar refractivity (Wildman–Crippen MR) is 89.8 cm³/mol. The van der Waals surface area contributed by atoms with Crippen molar-refractivity contribution in [2.24, 2.45) is 0 Å². The normalized spacial score (nSPS) is 12.2. The van der Waals surface area contributed by atoms with Crippen molar-refractivity contribution < 1.29 is 5.11 Å². The van der Waals surface area contributed by atoms with Crippen molar-refractivity contribution in [3.8, 4) is 0 Å². The molecule has 0 fully saturated rings. The lowest BCUT2D eigenvalue weighted by atomic mass is 9.99. The number of hydrogen-bond donors (Lipinski definition) is 2. The zero-order valence-electron chi connectivity index (χ0n) is 13.2. The maximum atomic E-state index is 8.93. The standard InChI is InChI=1S/C19H25NO/c1-14-9-10-15(2)19(12-14)16(3)20-18-8-4-6-17(13-18)7-5-11-21/h4,6,8-10,12-13,16,20-21H,5,7,11H2,1-3H3. The van der Waals surface area contributed by atoms with Gasteiger partial charge in [0.15, 0.2) is 0 Å². The summed E-state index contributed by atoms with van der Waals surface area (Å²) in [6.07, 6.45) is 1.74. The van der Waals surface area contributed by atoms with Crippen LogP contribution in [-0.4, -0.2) is 11.7 Å². The molecule has 2 N–H and O–H groups in total. The first kappa shape index (κ1) is 15.6. The molecule has 0 saturated carbocycles. The molecule has 1 atom stereocenters. The summed E-state index contributed by atoms with van der Waals surface area (Å²) in [6, 6.07) is 15.3. The van der Waals surface area contributed by atoms with Gasteiger partial charge in [-0.3, -0.25) is 0 Å². The lowest BCUT2D eigenvalue weighted by Crippen LogP contribution is -2.08. The summed E-state index contributed by atoms with van der Waals surface area (Å²) in [6.45, 7) is 6.73. The van der Waals surface area contributed by atoms with Crippen molar-refractivity contribution >= 4 is 5.69 Å². The molecule has 0 bridgehead atoms. The van der Waals surface area contributed by atoms with Crippen LogP contribution in [0.5, 0.6) is 0 Å². The number of hydrogen-bond acceptors (Lipinski definition) is 2. The first-order valence-electron chi connectivity index (χ1n) is 7.63. The van der Waals surface area contributed by atoms with E-state index in [0.29, 0.717) is 0 Å². The van der Waals surface area contributed by atoms with Gasteiger partial charge in [-0.05, 0) is 62.4 Å². The smallest absolute Gasteiger partial charge is 0.0488 e. The van der Waals surface area contributed by atoms with Gasteiger partial charge in [-0.1, -0.05) is 35.9 Å². The van der Waals surface area contributed by atoms with Crippen molar-refractivity contribution in [3.63, 3.8) is 0 Å². The third kappa shape index (κ3) is 4.33. The predicted octanol–water partition coefficient (Wildman–Crippen LogP) is 4.40. The van der Waals surface area contributed by atoms with Crippen LogP contribution in [0, 0.1) is 13.8 Å². The van der Waals surface area contributed by atoms with Crippen LogP contribution in [0.15, 0.2) is 42.5 Å². The van der Waals surface area contributed by atoms with E-state index in [2.05, 4.69) is 68.6 Å². The molecule has 0 aromatic heterocycles. The van der Waals surface area contributed by atoms with Crippen molar-refractivity contribution in [1.29, 1.82) is 0 Å². The average Bonchev–Trinajstić information content (AvgIpc) is 2.48. The summed E-state index contributed by atoms with van der Waals surface area (Å²) in [5.41, 5.74) is 6.36. The van der Waals surface area contributed by atoms with E-state index in [1.165, 1.54) is 22.3 Å². The molecular formula is C19H25NO. The van der Waals surface area contributed by atoms with Gasteiger partial charge in [-0.25, -0.2) is 0 Å². The molecule has 0 aliphatic rings. The fourth-order valence-corrected chi connectivity index (χ4v) is 2.65. The zero-order chi connectivity index (χ0) is 15.2. The van der Waals surface area contributed by atoms with Crippen LogP contribution < -0.4 is 5.32 Å². The first-order valence-corrected chi connectivity index (χ1v) is 7.63. The van der Waals surface area contributed by atoms with Gasteiger partial charge in [0.1, 0.15) is 0 Å². The quantitative estimate of drug-likeness (QED) is 0.823. The fourth-order valence-electron chi connectivity index (χ4n) is 2.65. The van der Waals surface area contributed by atoms with Crippen LogP contribution in [0.3, 0.4) is 0 Å². The minimum Gasteiger partial charge on any atom is -0.396 e. The Bertz CT molecular complexity index is 592. The number of nitrogens with one attached hydrogen (secondary N) is 1. The maximum absolute atomic E-state index is 8.93. The molecule has 2 rings (SSSR count). The van der Waals surface area contributed by atoms with E-state index in [9.17, 15) is 0 Å². The van der Waals surface area contributed by atoms with Gasteiger partial charge in [-0.15, -0.1) is 0 Å². The van der Waals surface area contributed by atoms with E-state index in [1.54, 1.807) is 0 Å². The summed E-state index contributed by atoms with van der Waals surface area (Å²) in [5.74, 6) is 0. The molecule has 1 unspecified atom stereocenters. The molecule has 0 heterocycles. The van der Waals surface area contributed by atoms with E-state index in [4.69, 9.17) is 5.11 Å². The molecule has 0 aliphatic heterocycles. The fraction of sp³-hybridized carbons (Fsp3) is 0.368. The van der Waals surface area contributed by atoms with E-state index in [0.717, 1.165) is 18.5 Å². The molecule has 0 aliphatic carbocycles. The Balaban J connectivity index is 2.11. The number of benzene rings is 2. The molecule has 2 nitrogen and oxygen atoms in total. The van der Waals surface area contributed by atoms with Crippen LogP contribution in [0.4, 0.5) is 5.69 Å². The summed E-state index contributed by atoms with van der Waals surface area (Å²) < 4.78 is 0. The Morgan fingerprint density at radius 2 is 1.90 bits per heavy atom. The molecule has 0 amide bonds. The molecule has 112 valence electrons. The Labute approximate surface area is 127 Å². The van der Waals surface area contributed by atoms with Gasteiger partial charge in [0.25, 0.3) is 0 Å². The Hall–Kier alpha value is -1.80. The molecule has 2 aromatic rings. The van der Waals surface area contributed by atoms with Crippen LogP contribution >= 0.6 is 0 Å². The lowest BCUT2D eigenvalue weighted by Gasteiger charge is -2.19. The molecule has 0 spiro atoms. The minimum absolute atomic E-state index is 0.247. The summed E-state index contributed by atoms with van der Waals surface area (Å²) >= 11 is 0. The Morgan fingerprint density at radius 1 is 1.10 bits per heavy atom. The van der Waals surface area contributed by atoms with Crippen molar-refractivity contribution in [1.82, 2.24) is 0 Å². The van der Waals surface area contributed by atoms with Crippen molar-refractivity contribution in [3.05, 3.63) is 64.7 Å². The minimum atomic E-state index is 0.247. The van der Waals surface area contributed by atoms with E-state index >= 15 is 0 Å². The SMILES string of the molecule is Cc1ccc(C)c(C(C)Nc2cccc(CCCO)c2)c1. The summed E-state index contributed by atoms with van der Waals surface area (Å²) in [4.78, 5) is 0. The number of aryl methyl sites for hydroxylation is 3. The summed E-state index contributed by atoms with van der Waals surface area (Å²) in [5, 5.41) is 12.5. The van der Waals surface area contributed by atoms with Gasteiger partial charge in [0.2, 0.25) is 0 Å². The second kappa shape index (κ2) is 7.28. The average molecular weight is 283 g/mol. The van der Waals surface area contributed by atoms with Gasteiger partial charge in [0, 0.05) is 18.3 Å². The van der Waals surface area contributed by atoms with Gasteiger partial charge in [-0.2, -0.15) is 0 Å². The highest BCUT2D eigenvalue weighted by atomic mass is 16.2. The lowest BCUT2D eigenvalue weighted by molar-refractivity contribution is 0.288. The van der Waals surface area contributed by atoms with Crippen molar-refractivity contribution in [2.45, 2.75) is 39.7 Å². The van der Waals surface area contributed by atoms with E-state index in [1.807, 2.05) is 0 Å². The molecule has 0 saturated heterocycles. The summed E-state index contributed by atoms with van der Waals surface area (Å²) in [7, 11) is 0. The largest absolute Gasteiger partial charge is 0.396 e. The van der Waals surface area contributed by atoms with Crippen LogP contribution in [0.2, 0.25) is 0 Å². The second-order valence-corrected chi connectivity index (χ2v) is 5.75. The molecule has 2 heteroatoms. The Kier molecular flexibility index (Phi) is 5.40. The number of aliphatic hydroxyl groups is 1. The van der Waals surface area contributed by atoms with E-state index in [-0.39, 0.29) is 12.6 Å². The van der Waals surface area contributed by atoms with E-state index < -0.39 is 0 Å². The van der Waals surface area contributed by atoms with Crippen LogP contribution in [0.25, 0.3) is 0 Å². The third-order valence-corrected chi connectivity index (χ3v) is 3.83. The highest BCUT2D eigenvalue weighted by Crippen LogP contribution is 2.24. The van der Waals surface area contributed by atoms with Gasteiger partial charge in [0.05, 0.1) is 0 Å². The number of rotatable bonds is 6. The maximum Gasteiger partial charge on any atom is 0.0488 e. The topological polar surface area (TPSA) is 32.3 Å². The molecule has 2 aromatic carbocycles. The first-order chi connectivity index (χ1) is 10.1. The molecule has 21 heavy (non-hydrogen) atoms. The molecular weight excluding hydrogens is 258 g/mol. The zero-order valence-corrected chi connectivity index (χ0v) is 13.2. The number of anilines is 1. The van der Waals surface area contributed by atoms with Crippen molar-refractivity contribution in [2.75, 3.05) is 11.9 Å². The van der Waals surface area contributed by atoms with Gasteiger partial charge < -0.3 is 10.4 Å².